The molecule has 0 radical (unpaired) electrons. The van der Waals surface area contributed by atoms with Gasteiger partial charge in [-0.25, -0.2) is 4.39 Å². The Kier molecular flexibility index (Phi) is 10.9. The molecule has 1 aromatic heterocycles. The van der Waals surface area contributed by atoms with Crippen LogP contribution in [0.3, 0.4) is 0 Å². The van der Waals surface area contributed by atoms with Crippen molar-refractivity contribution in [3.63, 3.8) is 0 Å². The Morgan fingerprint density at radius 2 is 1.78 bits per heavy atom. The fourth-order valence-electron chi connectivity index (χ4n) is 6.31. The molecule has 5 heteroatoms. The molecule has 1 N–H and O–H groups in total. The van der Waals surface area contributed by atoms with Gasteiger partial charge in [-0.3, -0.25) is 20.3 Å². The number of allylic oxidation sites excluding steroid dienone is 2. The van der Waals surface area contributed by atoms with Crippen LogP contribution in [0.15, 0.2) is 114 Å². The first kappa shape index (κ1) is 32.9. The van der Waals surface area contributed by atoms with Crippen LogP contribution in [0.2, 0.25) is 0 Å². The summed E-state index contributed by atoms with van der Waals surface area (Å²) in [5, 5.41) is 8.83. The van der Waals surface area contributed by atoms with Crippen LogP contribution in [0.1, 0.15) is 79.5 Å². The molecule has 4 nitrogen and oxygen atoms in total. The summed E-state index contributed by atoms with van der Waals surface area (Å²) >= 11 is 0. The van der Waals surface area contributed by atoms with Crippen LogP contribution in [-0.2, 0) is 6.54 Å². The summed E-state index contributed by atoms with van der Waals surface area (Å²) in [5.74, 6) is 0.273. The molecule has 46 heavy (non-hydrogen) atoms. The number of aliphatic imine (C=N–C) groups is 1. The van der Waals surface area contributed by atoms with Crippen molar-refractivity contribution in [2.75, 3.05) is 13.1 Å². The number of hydrogen-bond acceptors (Lipinski definition) is 4. The summed E-state index contributed by atoms with van der Waals surface area (Å²) in [6.07, 6.45) is 6.84. The standard InChI is InChI=1S/C41H45FN4/c1-28(2)23-35-25-32(16-17-37(35)40(43)34-12-10-13-36(42)26-34)27-46-21-18-33(19-22-46)41(45-39-15-7-6-11-29(39)3)31(5)24-30(4)38-14-8-9-20-44-38/h6-17,20,23,25-26,30,33,43H,5,18-19,21-22,24,27H2,1-4H3. The number of pyridine rings is 1. The van der Waals surface area contributed by atoms with E-state index in [-0.39, 0.29) is 11.7 Å². The number of para-hydroxylation sites is 1. The molecule has 1 aliphatic heterocycles. The number of nitrogens with zero attached hydrogens (tertiary/aromatic N) is 3. The fraction of sp³-hybridized carbons (Fsp3) is 0.293. The Hall–Kier alpha value is -4.48. The van der Waals surface area contributed by atoms with E-state index in [1.807, 2.05) is 24.4 Å². The Morgan fingerprint density at radius 3 is 2.48 bits per heavy atom. The molecular formula is C41H45FN4. The molecule has 1 saturated heterocycles. The monoisotopic (exact) mass is 612 g/mol. The summed E-state index contributed by atoms with van der Waals surface area (Å²) in [6, 6.07) is 27.0. The zero-order valence-corrected chi connectivity index (χ0v) is 27.6. The quantitative estimate of drug-likeness (QED) is 0.171. The van der Waals surface area contributed by atoms with E-state index in [4.69, 9.17) is 10.4 Å². The van der Waals surface area contributed by atoms with E-state index in [1.165, 1.54) is 23.3 Å². The molecule has 0 saturated carbocycles. The van der Waals surface area contributed by atoms with E-state index in [2.05, 4.69) is 92.7 Å². The third-order valence-corrected chi connectivity index (χ3v) is 8.79. The number of likely N-dealkylation sites (tertiary alicyclic amines) is 1. The highest BCUT2D eigenvalue weighted by atomic mass is 19.1. The summed E-state index contributed by atoms with van der Waals surface area (Å²) < 4.78 is 13.9. The van der Waals surface area contributed by atoms with E-state index < -0.39 is 0 Å². The van der Waals surface area contributed by atoms with Crippen molar-refractivity contribution in [2.24, 2.45) is 10.9 Å². The highest BCUT2D eigenvalue weighted by Crippen LogP contribution is 2.31. The molecule has 1 aliphatic rings. The number of piperidine rings is 1. The molecule has 0 spiro atoms. The molecule has 4 aromatic rings. The smallest absolute Gasteiger partial charge is 0.123 e. The van der Waals surface area contributed by atoms with Gasteiger partial charge in [0.05, 0.1) is 11.4 Å². The normalized spacial score (nSPS) is 14.9. The summed E-state index contributed by atoms with van der Waals surface area (Å²) in [6.45, 7) is 15.8. The minimum absolute atomic E-state index is 0.260. The predicted molar refractivity (Wildman–Crippen MR) is 191 cm³/mol. The zero-order valence-electron chi connectivity index (χ0n) is 27.6. The highest BCUT2D eigenvalue weighted by molar-refractivity contribution is 6.12. The van der Waals surface area contributed by atoms with Gasteiger partial charge in [-0.1, -0.05) is 73.7 Å². The van der Waals surface area contributed by atoms with Crippen LogP contribution in [0.5, 0.6) is 0 Å². The summed E-state index contributed by atoms with van der Waals surface area (Å²) in [7, 11) is 0. The van der Waals surface area contributed by atoms with Gasteiger partial charge in [-0.15, -0.1) is 0 Å². The fourth-order valence-corrected chi connectivity index (χ4v) is 6.31. The third-order valence-electron chi connectivity index (χ3n) is 8.79. The second-order valence-electron chi connectivity index (χ2n) is 12.8. The average molecular weight is 613 g/mol. The SMILES string of the molecule is C=C(CC(C)c1ccccn1)C(=Nc1ccccc1C)C1CCN(Cc2ccc(C(=N)c3cccc(F)c3)c(C=C(C)C)c2)CC1. The molecule has 3 aromatic carbocycles. The summed E-state index contributed by atoms with van der Waals surface area (Å²) in [4.78, 5) is 12.4. The van der Waals surface area contributed by atoms with Crippen molar-refractivity contribution in [1.29, 1.82) is 5.41 Å². The van der Waals surface area contributed by atoms with E-state index >= 15 is 0 Å². The van der Waals surface area contributed by atoms with Crippen LogP contribution < -0.4 is 0 Å². The maximum atomic E-state index is 13.9. The van der Waals surface area contributed by atoms with Gasteiger partial charge in [0.25, 0.3) is 0 Å². The average Bonchev–Trinajstić information content (AvgIpc) is 3.05. The van der Waals surface area contributed by atoms with Gasteiger partial charge in [0, 0.05) is 47.1 Å². The van der Waals surface area contributed by atoms with Gasteiger partial charge >= 0.3 is 0 Å². The second-order valence-corrected chi connectivity index (χ2v) is 12.8. The van der Waals surface area contributed by atoms with E-state index in [9.17, 15) is 4.39 Å². The number of hydrogen-bond donors (Lipinski definition) is 1. The molecule has 2 heterocycles. The molecule has 236 valence electrons. The molecule has 1 unspecified atom stereocenters. The van der Waals surface area contributed by atoms with Gasteiger partial charge in [-0.05, 0) is 112 Å². The molecule has 0 aliphatic carbocycles. The van der Waals surface area contributed by atoms with E-state index in [1.54, 1.807) is 12.1 Å². The van der Waals surface area contributed by atoms with E-state index in [0.717, 1.165) is 78.3 Å². The zero-order chi connectivity index (χ0) is 32.6. The Labute approximate surface area is 274 Å². The van der Waals surface area contributed by atoms with Crippen molar-refractivity contribution in [1.82, 2.24) is 9.88 Å². The molecule has 0 bridgehead atoms. The highest BCUT2D eigenvalue weighted by Gasteiger charge is 2.26. The van der Waals surface area contributed by atoms with Crippen LogP contribution >= 0.6 is 0 Å². The topological polar surface area (TPSA) is 52.3 Å². The number of nitrogens with one attached hydrogen (secondary N) is 1. The number of aromatic nitrogens is 1. The largest absolute Gasteiger partial charge is 0.300 e. The van der Waals surface area contributed by atoms with Gasteiger partial charge < -0.3 is 0 Å². The van der Waals surface area contributed by atoms with Crippen molar-refractivity contribution >= 4 is 23.2 Å². The number of benzene rings is 3. The first-order chi connectivity index (χ1) is 22.2. The first-order valence-electron chi connectivity index (χ1n) is 16.3. The van der Waals surface area contributed by atoms with Crippen molar-refractivity contribution in [3.05, 3.63) is 148 Å². The lowest BCUT2D eigenvalue weighted by molar-refractivity contribution is 0.202. The molecule has 1 fully saturated rings. The minimum atomic E-state index is -0.329. The lowest BCUT2D eigenvalue weighted by atomic mass is 9.84. The number of halogens is 1. The van der Waals surface area contributed by atoms with Crippen LogP contribution in [0.4, 0.5) is 10.1 Å². The molecular weight excluding hydrogens is 567 g/mol. The van der Waals surface area contributed by atoms with Crippen molar-refractivity contribution in [2.45, 2.75) is 59.4 Å². The maximum Gasteiger partial charge on any atom is 0.123 e. The predicted octanol–water partition coefficient (Wildman–Crippen LogP) is 10.1. The van der Waals surface area contributed by atoms with E-state index in [0.29, 0.717) is 17.2 Å². The van der Waals surface area contributed by atoms with Gasteiger partial charge in [0.1, 0.15) is 5.82 Å². The minimum Gasteiger partial charge on any atom is -0.300 e. The van der Waals surface area contributed by atoms with Crippen molar-refractivity contribution in [3.8, 4) is 0 Å². The van der Waals surface area contributed by atoms with Crippen LogP contribution in [-0.4, -0.2) is 34.4 Å². The molecule has 5 rings (SSSR count). The Bertz CT molecular complexity index is 1740. The number of rotatable bonds is 11. The molecule has 1 atom stereocenters. The van der Waals surface area contributed by atoms with Crippen molar-refractivity contribution < 1.29 is 4.39 Å². The maximum absolute atomic E-state index is 13.9. The van der Waals surface area contributed by atoms with Gasteiger partial charge in [0.15, 0.2) is 0 Å². The Morgan fingerprint density at radius 1 is 1.02 bits per heavy atom. The van der Waals surface area contributed by atoms with Crippen LogP contribution in [0.25, 0.3) is 6.08 Å². The van der Waals surface area contributed by atoms with Gasteiger partial charge in [0.2, 0.25) is 0 Å². The first-order valence-corrected chi connectivity index (χ1v) is 16.3. The lowest BCUT2D eigenvalue weighted by Crippen LogP contribution is -2.36. The number of aryl methyl sites for hydroxylation is 1. The van der Waals surface area contributed by atoms with Crippen LogP contribution in [0, 0.1) is 24.1 Å². The second kappa shape index (κ2) is 15.2. The summed E-state index contributed by atoms with van der Waals surface area (Å²) in [5.41, 5.74) is 10.6. The lowest BCUT2D eigenvalue weighted by Gasteiger charge is -2.33. The van der Waals surface area contributed by atoms with Gasteiger partial charge in [-0.2, -0.15) is 0 Å². The molecule has 0 amide bonds. The third kappa shape index (κ3) is 8.41. The Balaban J connectivity index is 1.31.